The van der Waals surface area contributed by atoms with Gasteiger partial charge in [0.1, 0.15) is 11.6 Å². The van der Waals surface area contributed by atoms with Crippen molar-refractivity contribution in [1.82, 2.24) is 10.4 Å². The molecule has 1 aromatic carbocycles. The van der Waals surface area contributed by atoms with Crippen LogP contribution in [0.2, 0.25) is 0 Å². The second-order valence-corrected chi connectivity index (χ2v) is 5.14. The maximum atomic E-state index is 13.5. The van der Waals surface area contributed by atoms with Crippen LogP contribution in [0.3, 0.4) is 0 Å². The van der Waals surface area contributed by atoms with Crippen molar-refractivity contribution in [3.8, 4) is 0 Å². The quantitative estimate of drug-likeness (QED) is 0.598. The number of benzene rings is 1. The molecule has 0 bridgehead atoms. The van der Waals surface area contributed by atoms with E-state index in [1.54, 1.807) is 12.3 Å². The van der Waals surface area contributed by atoms with Crippen LogP contribution in [0.5, 0.6) is 0 Å². The topological polar surface area (TPSA) is 77.0 Å². The highest BCUT2D eigenvalue weighted by molar-refractivity contribution is 9.10. The van der Waals surface area contributed by atoms with Crippen molar-refractivity contribution in [2.75, 3.05) is 5.73 Å². The number of halogens is 2. The molecule has 0 spiro atoms. The van der Waals surface area contributed by atoms with Crippen LogP contribution in [0.15, 0.2) is 34.9 Å². The van der Waals surface area contributed by atoms with E-state index < -0.39 is 6.04 Å². The lowest BCUT2D eigenvalue weighted by Gasteiger charge is -2.20. The summed E-state index contributed by atoms with van der Waals surface area (Å²) >= 11 is 3.26. The van der Waals surface area contributed by atoms with E-state index in [-0.39, 0.29) is 5.82 Å². The third-order valence-electron chi connectivity index (χ3n) is 2.91. The Morgan fingerprint density at radius 1 is 1.37 bits per heavy atom. The molecule has 1 unspecified atom stereocenters. The number of nitrogens with one attached hydrogen (secondary N) is 1. The van der Waals surface area contributed by atoms with Crippen molar-refractivity contribution in [2.45, 2.75) is 13.0 Å². The average molecular weight is 325 g/mol. The molecule has 6 heteroatoms. The lowest BCUT2D eigenvalue weighted by molar-refractivity contribution is 0.603. The van der Waals surface area contributed by atoms with Crippen molar-refractivity contribution >= 4 is 21.7 Å². The van der Waals surface area contributed by atoms with Crippen LogP contribution >= 0.6 is 15.9 Å². The Bertz CT molecular complexity index is 563. The minimum atomic E-state index is -0.416. The summed E-state index contributed by atoms with van der Waals surface area (Å²) in [5.41, 5.74) is 10.9. The first-order chi connectivity index (χ1) is 9.02. The summed E-state index contributed by atoms with van der Waals surface area (Å²) in [7, 11) is 0. The highest BCUT2D eigenvalue weighted by atomic mass is 79.9. The van der Waals surface area contributed by atoms with E-state index in [4.69, 9.17) is 11.6 Å². The summed E-state index contributed by atoms with van der Waals surface area (Å²) in [4.78, 5) is 4.06. The van der Waals surface area contributed by atoms with Gasteiger partial charge in [-0.3, -0.25) is 5.84 Å². The van der Waals surface area contributed by atoms with Gasteiger partial charge in [0, 0.05) is 16.2 Å². The molecule has 1 heterocycles. The summed E-state index contributed by atoms with van der Waals surface area (Å²) in [6.45, 7) is 1.91. The van der Waals surface area contributed by atoms with Crippen LogP contribution in [0, 0.1) is 12.7 Å². The van der Waals surface area contributed by atoms with Crippen molar-refractivity contribution in [1.29, 1.82) is 0 Å². The number of nitrogen functional groups attached to an aromatic ring is 1. The number of aromatic nitrogens is 1. The fraction of sp³-hybridized carbons (Fsp3) is 0.154. The fourth-order valence-corrected chi connectivity index (χ4v) is 2.54. The number of nitrogens with zero attached hydrogens (tertiary/aromatic N) is 1. The Labute approximate surface area is 119 Å². The van der Waals surface area contributed by atoms with E-state index in [1.807, 2.05) is 13.0 Å². The summed E-state index contributed by atoms with van der Waals surface area (Å²) in [6.07, 6.45) is 1.63. The molecule has 1 aromatic heterocycles. The lowest BCUT2D eigenvalue weighted by Crippen LogP contribution is -2.30. The lowest BCUT2D eigenvalue weighted by atomic mass is 9.96. The van der Waals surface area contributed by atoms with Gasteiger partial charge in [-0.15, -0.1) is 0 Å². The smallest absolute Gasteiger partial charge is 0.128 e. The van der Waals surface area contributed by atoms with Crippen LogP contribution in [0.25, 0.3) is 0 Å². The zero-order valence-electron chi connectivity index (χ0n) is 10.3. The maximum absolute atomic E-state index is 13.5. The summed E-state index contributed by atoms with van der Waals surface area (Å²) < 4.78 is 14.1. The van der Waals surface area contributed by atoms with E-state index >= 15 is 0 Å². The molecule has 4 nitrogen and oxygen atoms in total. The van der Waals surface area contributed by atoms with E-state index in [0.717, 1.165) is 11.1 Å². The Balaban J connectivity index is 2.56. The van der Waals surface area contributed by atoms with Gasteiger partial charge in [-0.1, -0.05) is 15.9 Å². The Morgan fingerprint density at radius 3 is 2.68 bits per heavy atom. The van der Waals surface area contributed by atoms with Gasteiger partial charge in [0.05, 0.1) is 6.04 Å². The molecule has 0 aliphatic carbocycles. The number of anilines is 1. The third kappa shape index (κ3) is 2.91. The predicted octanol–water partition coefficient (Wildman–Crippen LogP) is 2.43. The number of pyridine rings is 1. The normalized spacial score (nSPS) is 12.4. The monoisotopic (exact) mass is 324 g/mol. The first-order valence-corrected chi connectivity index (χ1v) is 6.45. The summed E-state index contributed by atoms with van der Waals surface area (Å²) in [5.74, 6) is 5.64. The van der Waals surface area contributed by atoms with Gasteiger partial charge >= 0.3 is 0 Å². The van der Waals surface area contributed by atoms with Crippen LogP contribution < -0.4 is 17.0 Å². The van der Waals surface area contributed by atoms with E-state index in [0.29, 0.717) is 15.9 Å². The van der Waals surface area contributed by atoms with Crippen molar-refractivity contribution in [2.24, 2.45) is 5.84 Å². The van der Waals surface area contributed by atoms with Gasteiger partial charge in [-0.25, -0.2) is 14.8 Å². The van der Waals surface area contributed by atoms with Gasteiger partial charge < -0.3 is 5.73 Å². The molecular weight excluding hydrogens is 311 g/mol. The highest BCUT2D eigenvalue weighted by Gasteiger charge is 2.19. The van der Waals surface area contributed by atoms with E-state index in [1.165, 1.54) is 12.1 Å². The molecule has 2 aromatic rings. The Hall–Kier alpha value is -1.50. The molecule has 0 amide bonds. The molecule has 100 valence electrons. The van der Waals surface area contributed by atoms with Crippen LogP contribution in [0.1, 0.15) is 22.7 Å². The standard InChI is InChI=1S/C13H14BrFN4/c1-7-2-3-18-13(16)11(7)12(19-17)8-4-9(14)6-10(15)5-8/h2-6,12,19H,17H2,1H3,(H2,16,18). The Kier molecular flexibility index (Phi) is 4.14. The zero-order chi connectivity index (χ0) is 14.0. The van der Waals surface area contributed by atoms with Gasteiger partial charge in [-0.2, -0.15) is 0 Å². The zero-order valence-corrected chi connectivity index (χ0v) is 11.9. The highest BCUT2D eigenvalue weighted by Crippen LogP contribution is 2.29. The van der Waals surface area contributed by atoms with Crippen molar-refractivity contribution in [3.63, 3.8) is 0 Å². The van der Waals surface area contributed by atoms with Crippen LogP contribution in [-0.2, 0) is 0 Å². The second-order valence-electron chi connectivity index (χ2n) is 4.23. The molecule has 2 rings (SSSR count). The van der Waals surface area contributed by atoms with E-state index in [2.05, 4.69) is 26.3 Å². The van der Waals surface area contributed by atoms with Crippen molar-refractivity contribution in [3.05, 3.63) is 57.4 Å². The van der Waals surface area contributed by atoms with Crippen LogP contribution in [0.4, 0.5) is 10.2 Å². The molecule has 0 saturated carbocycles. The molecule has 0 radical (unpaired) electrons. The van der Waals surface area contributed by atoms with Gasteiger partial charge in [-0.05, 0) is 42.3 Å². The minimum absolute atomic E-state index is 0.343. The van der Waals surface area contributed by atoms with Crippen molar-refractivity contribution < 1.29 is 4.39 Å². The first-order valence-electron chi connectivity index (χ1n) is 5.66. The molecule has 5 N–H and O–H groups in total. The number of hydrogen-bond acceptors (Lipinski definition) is 4. The molecule has 19 heavy (non-hydrogen) atoms. The third-order valence-corrected chi connectivity index (χ3v) is 3.37. The molecule has 1 atom stereocenters. The number of hydrazine groups is 1. The summed E-state index contributed by atoms with van der Waals surface area (Å²) in [6, 6.07) is 6.02. The Morgan fingerprint density at radius 2 is 2.11 bits per heavy atom. The molecule has 0 saturated heterocycles. The molecular formula is C13H14BrFN4. The predicted molar refractivity (Wildman–Crippen MR) is 76.7 cm³/mol. The van der Waals surface area contributed by atoms with Gasteiger partial charge in [0.25, 0.3) is 0 Å². The number of hydrogen-bond donors (Lipinski definition) is 3. The first kappa shape index (κ1) is 13.9. The minimum Gasteiger partial charge on any atom is -0.383 e. The largest absolute Gasteiger partial charge is 0.383 e. The average Bonchev–Trinajstić information content (AvgIpc) is 2.32. The van der Waals surface area contributed by atoms with Gasteiger partial charge in [0.15, 0.2) is 0 Å². The van der Waals surface area contributed by atoms with Gasteiger partial charge in [0.2, 0.25) is 0 Å². The van der Waals surface area contributed by atoms with E-state index in [9.17, 15) is 4.39 Å². The summed E-state index contributed by atoms with van der Waals surface area (Å²) in [5, 5.41) is 0. The number of nitrogens with two attached hydrogens (primary N) is 2. The number of rotatable bonds is 3. The molecule has 0 fully saturated rings. The number of aryl methyl sites for hydroxylation is 1. The molecule has 0 aliphatic rings. The molecule has 0 aliphatic heterocycles. The van der Waals surface area contributed by atoms with Crippen LogP contribution in [-0.4, -0.2) is 4.98 Å². The fourth-order valence-electron chi connectivity index (χ4n) is 2.05. The second kappa shape index (κ2) is 5.64. The SMILES string of the molecule is Cc1ccnc(N)c1C(NN)c1cc(F)cc(Br)c1. The maximum Gasteiger partial charge on any atom is 0.128 e.